The molecule has 0 aliphatic heterocycles. The van der Waals surface area contributed by atoms with E-state index >= 15 is 0 Å². The Kier molecular flexibility index (Phi) is 5.59. The Labute approximate surface area is 192 Å². The molecule has 0 fully saturated rings. The van der Waals surface area contributed by atoms with Gasteiger partial charge in [-0.15, -0.1) is 0 Å². The molecule has 5 rings (SSSR count). The fraction of sp³-hybridized carbons (Fsp3) is 0.125. The van der Waals surface area contributed by atoms with Gasteiger partial charge in [-0.1, -0.05) is 35.5 Å². The van der Waals surface area contributed by atoms with Gasteiger partial charge < -0.3 is 8.83 Å². The summed E-state index contributed by atoms with van der Waals surface area (Å²) in [5.74, 6) is 2.46. The quantitative estimate of drug-likeness (QED) is 0.229. The van der Waals surface area contributed by atoms with Crippen LogP contribution in [0.2, 0.25) is 5.02 Å². The predicted molar refractivity (Wildman–Crippen MR) is 125 cm³/mol. The first kappa shape index (κ1) is 20.6. The number of furan rings is 1. The van der Waals surface area contributed by atoms with Gasteiger partial charge in [-0.3, -0.25) is 9.36 Å². The van der Waals surface area contributed by atoms with E-state index in [1.807, 2.05) is 43.3 Å². The molecule has 0 aliphatic rings. The fourth-order valence-electron chi connectivity index (χ4n) is 3.37. The van der Waals surface area contributed by atoms with Crippen molar-refractivity contribution in [3.8, 4) is 11.5 Å². The minimum Gasteiger partial charge on any atom is -0.467 e. The van der Waals surface area contributed by atoms with Gasteiger partial charge in [0.05, 0.1) is 29.4 Å². The number of benzene rings is 2. The highest BCUT2D eigenvalue weighted by Crippen LogP contribution is 2.28. The van der Waals surface area contributed by atoms with Crippen molar-refractivity contribution in [3.63, 3.8) is 0 Å². The summed E-state index contributed by atoms with van der Waals surface area (Å²) in [6.07, 6.45) is 1.60. The molecule has 0 atom stereocenters. The number of para-hydroxylation sites is 1. The van der Waals surface area contributed by atoms with Crippen LogP contribution in [0.3, 0.4) is 0 Å². The zero-order valence-electron chi connectivity index (χ0n) is 17.1. The number of oxazole rings is 1. The molecule has 3 aromatic heterocycles. The molecular formula is C24H18ClN3O3S. The molecule has 0 spiro atoms. The first-order valence-electron chi connectivity index (χ1n) is 9.95. The highest BCUT2D eigenvalue weighted by atomic mass is 35.5. The standard InChI is InChI=1S/C24H18ClN3O3S/c1-15-21(26-22(31-15)16-8-10-17(25)11-9-16)14-32-24-27-20-7-3-2-6-19(20)23(29)28(24)13-18-5-4-12-30-18/h2-12H,13-14H2,1H3. The summed E-state index contributed by atoms with van der Waals surface area (Å²) in [6, 6.07) is 18.3. The number of hydrogen-bond donors (Lipinski definition) is 0. The van der Waals surface area contributed by atoms with Crippen LogP contribution in [-0.4, -0.2) is 14.5 Å². The van der Waals surface area contributed by atoms with Gasteiger partial charge in [-0.25, -0.2) is 9.97 Å². The molecule has 32 heavy (non-hydrogen) atoms. The molecule has 5 aromatic rings. The van der Waals surface area contributed by atoms with Crippen LogP contribution in [0.4, 0.5) is 0 Å². The molecule has 0 amide bonds. The number of aryl methyl sites for hydroxylation is 1. The lowest BCUT2D eigenvalue weighted by Crippen LogP contribution is -2.23. The molecule has 0 aliphatic carbocycles. The van der Waals surface area contributed by atoms with E-state index in [4.69, 9.17) is 25.4 Å². The number of thioether (sulfide) groups is 1. The number of nitrogens with zero attached hydrogens (tertiary/aromatic N) is 3. The normalized spacial score (nSPS) is 11.3. The van der Waals surface area contributed by atoms with E-state index in [9.17, 15) is 4.79 Å². The monoisotopic (exact) mass is 463 g/mol. The summed E-state index contributed by atoms with van der Waals surface area (Å²) in [6.45, 7) is 2.19. The number of aromatic nitrogens is 3. The maximum absolute atomic E-state index is 13.2. The second kappa shape index (κ2) is 8.68. The van der Waals surface area contributed by atoms with Gasteiger partial charge in [0, 0.05) is 16.3 Å². The van der Waals surface area contributed by atoms with Gasteiger partial charge in [-0.2, -0.15) is 0 Å². The Morgan fingerprint density at radius 3 is 2.62 bits per heavy atom. The third-order valence-electron chi connectivity index (χ3n) is 5.04. The second-order valence-electron chi connectivity index (χ2n) is 7.20. The van der Waals surface area contributed by atoms with E-state index < -0.39 is 0 Å². The van der Waals surface area contributed by atoms with E-state index in [1.54, 1.807) is 35.1 Å². The third kappa shape index (κ3) is 4.09. The minimum absolute atomic E-state index is 0.103. The Morgan fingerprint density at radius 1 is 1.03 bits per heavy atom. The van der Waals surface area contributed by atoms with Crippen LogP contribution >= 0.6 is 23.4 Å². The van der Waals surface area contributed by atoms with Gasteiger partial charge in [-0.05, 0) is 55.5 Å². The van der Waals surface area contributed by atoms with Crippen molar-refractivity contribution in [1.29, 1.82) is 0 Å². The summed E-state index contributed by atoms with van der Waals surface area (Å²) in [4.78, 5) is 22.6. The van der Waals surface area contributed by atoms with E-state index in [2.05, 4.69) is 4.98 Å². The van der Waals surface area contributed by atoms with Crippen LogP contribution in [0.1, 0.15) is 17.2 Å². The zero-order chi connectivity index (χ0) is 22.1. The minimum atomic E-state index is -0.103. The van der Waals surface area contributed by atoms with Gasteiger partial charge >= 0.3 is 0 Å². The topological polar surface area (TPSA) is 74.1 Å². The van der Waals surface area contributed by atoms with Crippen molar-refractivity contribution >= 4 is 34.3 Å². The van der Waals surface area contributed by atoms with Gasteiger partial charge in [0.1, 0.15) is 11.5 Å². The zero-order valence-corrected chi connectivity index (χ0v) is 18.7. The number of fused-ring (bicyclic) bond motifs is 1. The molecular weight excluding hydrogens is 446 g/mol. The Morgan fingerprint density at radius 2 is 1.84 bits per heavy atom. The SMILES string of the molecule is Cc1oc(-c2ccc(Cl)cc2)nc1CSc1nc2ccccc2c(=O)n1Cc1ccco1. The molecule has 0 N–H and O–H groups in total. The number of halogens is 1. The maximum Gasteiger partial charge on any atom is 0.262 e. The molecule has 0 radical (unpaired) electrons. The molecule has 160 valence electrons. The third-order valence-corrected chi connectivity index (χ3v) is 6.28. The van der Waals surface area contributed by atoms with Crippen molar-refractivity contribution < 1.29 is 8.83 Å². The van der Waals surface area contributed by atoms with Gasteiger partial charge in [0.15, 0.2) is 5.16 Å². The highest BCUT2D eigenvalue weighted by molar-refractivity contribution is 7.98. The van der Waals surface area contributed by atoms with Gasteiger partial charge in [0.2, 0.25) is 5.89 Å². The molecule has 0 bridgehead atoms. The smallest absolute Gasteiger partial charge is 0.262 e. The first-order valence-corrected chi connectivity index (χ1v) is 11.3. The van der Waals surface area contributed by atoms with E-state index in [1.165, 1.54) is 11.8 Å². The number of hydrogen-bond acceptors (Lipinski definition) is 6. The summed E-state index contributed by atoms with van der Waals surface area (Å²) in [7, 11) is 0. The highest BCUT2D eigenvalue weighted by Gasteiger charge is 2.16. The van der Waals surface area contributed by atoms with E-state index in [-0.39, 0.29) is 5.56 Å². The van der Waals surface area contributed by atoms with Crippen LogP contribution in [0.25, 0.3) is 22.4 Å². The molecule has 0 saturated carbocycles. The average Bonchev–Trinajstić information content (AvgIpc) is 3.45. The van der Waals surface area contributed by atoms with Crippen molar-refractivity contribution in [2.24, 2.45) is 0 Å². The van der Waals surface area contributed by atoms with Crippen LogP contribution in [-0.2, 0) is 12.3 Å². The van der Waals surface area contributed by atoms with Crippen LogP contribution in [0.5, 0.6) is 0 Å². The average molecular weight is 464 g/mol. The van der Waals surface area contributed by atoms with Crippen LogP contribution in [0.15, 0.2) is 85.7 Å². The maximum atomic E-state index is 13.2. The predicted octanol–water partition coefficient (Wildman–Crippen LogP) is 5.95. The van der Waals surface area contributed by atoms with Crippen molar-refractivity contribution in [2.45, 2.75) is 24.4 Å². The number of rotatable bonds is 6. The van der Waals surface area contributed by atoms with Crippen molar-refractivity contribution in [1.82, 2.24) is 14.5 Å². The Balaban J connectivity index is 1.47. The lowest BCUT2D eigenvalue weighted by Gasteiger charge is -2.11. The Hall–Kier alpha value is -3.29. The summed E-state index contributed by atoms with van der Waals surface area (Å²) in [5, 5.41) is 1.83. The lowest BCUT2D eigenvalue weighted by molar-refractivity contribution is 0.476. The second-order valence-corrected chi connectivity index (χ2v) is 8.58. The van der Waals surface area contributed by atoms with Crippen molar-refractivity contribution in [2.75, 3.05) is 0 Å². The molecule has 6 nitrogen and oxygen atoms in total. The largest absolute Gasteiger partial charge is 0.467 e. The lowest BCUT2D eigenvalue weighted by atomic mass is 10.2. The van der Waals surface area contributed by atoms with Crippen molar-refractivity contribution in [3.05, 3.63) is 99.5 Å². The summed E-state index contributed by atoms with van der Waals surface area (Å²) >= 11 is 7.42. The van der Waals surface area contributed by atoms with Gasteiger partial charge in [0.25, 0.3) is 5.56 Å². The summed E-state index contributed by atoms with van der Waals surface area (Å²) < 4.78 is 13.0. The molecule has 8 heteroatoms. The first-order chi connectivity index (χ1) is 15.6. The van der Waals surface area contributed by atoms with Crippen LogP contribution < -0.4 is 5.56 Å². The Bertz CT molecular complexity index is 1440. The molecule has 3 heterocycles. The summed E-state index contributed by atoms with van der Waals surface area (Å²) in [5.41, 5.74) is 2.21. The molecule has 0 saturated heterocycles. The molecule has 2 aromatic carbocycles. The van der Waals surface area contributed by atoms with E-state index in [0.29, 0.717) is 45.0 Å². The molecule has 0 unspecified atom stereocenters. The fourth-order valence-corrected chi connectivity index (χ4v) is 4.49. The van der Waals surface area contributed by atoms with E-state index in [0.717, 1.165) is 17.0 Å². The van der Waals surface area contributed by atoms with Crippen LogP contribution in [0, 0.1) is 6.92 Å².